The van der Waals surface area contributed by atoms with Gasteiger partial charge in [-0.15, -0.1) is 11.3 Å². The van der Waals surface area contributed by atoms with E-state index in [1.807, 2.05) is 31.3 Å². The zero-order valence-corrected chi connectivity index (χ0v) is 13.9. The lowest BCUT2D eigenvalue weighted by Gasteiger charge is -2.18. The van der Waals surface area contributed by atoms with E-state index in [-0.39, 0.29) is 5.91 Å². The van der Waals surface area contributed by atoms with Crippen LogP contribution in [0.4, 0.5) is 5.69 Å². The molecular formula is C16H20N4OS. The molecule has 1 fully saturated rings. The standard InChI is InChI=1S/C16H20N4OS/c1-11-6-13(19(2)3)7-14(18-11)12-4-5-20(8-12)16(21)15-9-22-10-17-15/h6-7,9-10,12H,4-5,8H2,1-3H3. The summed E-state index contributed by atoms with van der Waals surface area (Å²) in [5.41, 5.74) is 5.51. The van der Waals surface area contributed by atoms with Gasteiger partial charge in [-0.3, -0.25) is 9.78 Å². The third-order valence-electron chi connectivity index (χ3n) is 4.02. The minimum atomic E-state index is 0.0317. The van der Waals surface area contributed by atoms with Gasteiger partial charge in [-0.05, 0) is 25.5 Å². The molecule has 0 aromatic carbocycles. The van der Waals surface area contributed by atoms with Crippen LogP contribution >= 0.6 is 11.3 Å². The second-order valence-corrected chi connectivity index (χ2v) is 6.62. The molecule has 0 bridgehead atoms. The maximum absolute atomic E-state index is 12.4. The highest BCUT2D eigenvalue weighted by atomic mass is 32.1. The predicted octanol–water partition coefficient (Wildman–Crippen LogP) is 2.54. The Morgan fingerprint density at radius 1 is 1.41 bits per heavy atom. The Labute approximate surface area is 134 Å². The number of amides is 1. The number of hydrogen-bond acceptors (Lipinski definition) is 5. The van der Waals surface area contributed by atoms with E-state index < -0.39 is 0 Å². The Kier molecular flexibility index (Phi) is 4.11. The molecule has 1 saturated heterocycles. The SMILES string of the molecule is Cc1cc(N(C)C)cc(C2CCN(C(=O)c3cscn3)C2)n1. The molecule has 0 spiro atoms. The first-order valence-corrected chi connectivity index (χ1v) is 8.32. The van der Waals surface area contributed by atoms with Crippen LogP contribution in [0.2, 0.25) is 0 Å². The second kappa shape index (κ2) is 6.04. The summed E-state index contributed by atoms with van der Waals surface area (Å²) in [6.45, 7) is 3.51. The molecule has 1 atom stereocenters. The van der Waals surface area contributed by atoms with E-state index in [0.29, 0.717) is 11.6 Å². The van der Waals surface area contributed by atoms with Gasteiger partial charge in [-0.1, -0.05) is 0 Å². The van der Waals surface area contributed by atoms with Crippen LogP contribution in [-0.4, -0.2) is 48.0 Å². The molecule has 1 unspecified atom stereocenters. The lowest BCUT2D eigenvalue weighted by atomic mass is 10.0. The van der Waals surface area contributed by atoms with E-state index in [2.05, 4.69) is 27.0 Å². The van der Waals surface area contributed by atoms with Crippen molar-refractivity contribution in [1.29, 1.82) is 0 Å². The van der Waals surface area contributed by atoms with Crippen LogP contribution in [0.1, 0.15) is 34.2 Å². The Morgan fingerprint density at radius 2 is 2.23 bits per heavy atom. The van der Waals surface area contributed by atoms with Crippen molar-refractivity contribution in [2.24, 2.45) is 0 Å². The maximum Gasteiger partial charge on any atom is 0.273 e. The lowest BCUT2D eigenvalue weighted by molar-refractivity contribution is 0.0785. The highest BCUT2D eigenvalue weighted by molar-refractivity contribution is 7.07. The van der Waals surface area contributed by atoms with Crippen LogP contribution in [0.25, 0.3) is 0 Å². The van der Waals surface area contributed by atoms with Crippen molar-refractivity contribution in [1.82, 2.24) is 14.9 Å². The Morgan fingerprint density at radius 3 is 2.91 bits per heavy atom. The third kappa shape index (κ3) is 2.97. The molecular weight excluding hydrogens is 296 g/mol. The van der Waals surface area contributed by atoms with E-state index in [4.69, 9.17) is 0 Å². The van der Waals surface area contributed by atoms with E-state index >= 15 is 0 Å². The minimum absolute atomic E-state index is 0.0317. The molecule has 3 rings (SSSR count). The summed E-state index contributed by atoms with van der Waals surface area (Å²) in [4.78, 5) is 25.1. The molecule has 0 saturated carbocycles. The summed E-state index contributed by atoms with van der Waals surface area (Å²) in [5, 5.41) is 1.81. The number of thiazole rings is 1. The fourth-order valence-electron chi connectivity index (χ4n) is 2.81. The number of aromatic nitrogens is 2. The van der Waals surface area contributed by atoms with Gasteiger partial charge in [0.05, 0.1) is 5.51 Å². The first kappa shape index (κ1) is 15.0. The molecule has 1 aliphatic rings. The summed E-state index contributed by atoms with van der Waals surface area (Å²) >= 11 is 1.45. The number of pyridine rings is 1. The van der Waals surface area contributed by atoms with Crippen molar-refractivity contribution in [2.75, 3.05) is 32.1 Å². The predicted molar refractivity (Wildman–Crippen MR) is 88.7 cm³/mol. The highest BCUT2D eigenvalue weighted by Crippen LogP contribution is 2.29. The normalized spacial score (nSPS) is 17.8. The van der Waals surface area contributed by atoms with Crippen molar-refractivity contribution in [3.8, 4) is 0 Å². The monoisotopic (exact) mass is 316 g/mol. The van der Waals surface area contributed by atoms with Crippen LogP contribution in [0, 0.1) is 6.92 Å². The van der Waals surface area contributed by atoms with Gasteiger partial charge in [0.25, 0.3) is 5.91 Å². The molecule has 2 aromatic heterocycles. The Balaban J connectivity index is 1.77. The van der Waals surface area contributed by atoms with Crippen LogP contribution in [-0.2, 0) is 0 Å². The van der Waals surface area contributed by atoms with E-state index in [1.54, 1.807) is 5.51 Å². The van der Waals surface area contributed by atoms with Gasteiger partial charge in [0.1, 0.15) is 5.69 Å². The second-order valence-electron chi connectivity index (χ2n) is 5.90. The largest absolute Gasteiger partial charge is 0.378 e. The van der Waals surface area contributed by atoms with Gasteiger partial charge < -0.3 is 9.80 Å². The first-order chi connectivity index (χ1) is 10.5. The molecule has 1 amide bonds. The summed E-state index contributed by atoms with van der Waals surface area (Å²) in [6, 6.07) is 4.21. The number of hydrogen-bond donors (Lipinski definition) is 0. The smallest absolute Gasteiger partial charge is 0.273 e. The van der Waals surface area contributed by atoms with Gasteiger partial charge in [0.15, 0.2) is 0 Å². The van der Waals surface area contributed by atoms with Crippen molar-refractivity contribution >= 4 is 22.9 Å². The minimum Gasteiger partial charge on any atom is -0.378 e. The van der Waals surface area contributed by atoms with E-state index in [0.717, 1.165) is 36.6 Å². The van der Waals surface area contributed by atoms with Crippen molar-refractivity contribution in [3.05, 3.63) is 40.1 Å². The molecule has 5 nitrogen and oxygen atoms in total. The van der Waals surface area contributed by atoms with Crippen LogP contribution in [0.5, 0.6) is 0 Å². The van der Waals surface area contributed by atoms with Gasteiger partial charge >= 0.3 is 0 Å². The average Bonchev–Trinajstić information content (AvgIpc) is 3.17. The maximum atomic E-state index is 12.4. The number of carbonyl (C=O) groups is 1. The van der Waals surface area contributed by atoms with Gasteiger partial charge in [0, 0.05) is 55.6 Å². The van der Waals surface area contributed by atoms with E-state index in [1.165, 1.54) is 11.3 Å². The van der Waals surface area contributed by atoms with Crippen LogP contribution in [0.15, 0.2) is 23.0 Å². The van der Waals surface area contributed by atoms with Crippen LogP contribution in [0.3, 0.4) is 0 Å². The summed E-state index contributed by atoms with van der Waals surface area (Å²) in [7, 11) is 4.07. The topological polar surface area (TPSA) is 49.3 Å². The zero-order chi connectivity index (χ0) is 15.7. The highest BCUT2D eigenvalue weighted by Gasteiger charge is 2.29. The van der Waals surface area contributed by atoms with Gasteiger partial charge in [-0.2, -0.15) is 0 Å². The van der Waals surface area contributed by atoms with Crippen LogP contribution < -0.4 is 4.90 Å². The molecule has 116 valence electrons. The van der Waals surface area contributed by atoms with Crippen molar-refractivity contribution in [2.45, 2.75) is 19.3 Å². The number of nitrogens with zero attached hydrogens (tertiary/aromatic N) is 4. The number of rotatable bonds is 3. The molecule has 0 radical (unpaired) electrons. The molecule has 22 heavy (non-hydrogen) atoms. The quantitative estimate of drug-likeness (QED) is 0.873. The number of likely N-dealkylation sites (tertiary alicyclic amines) is 1. The number of aryl methyl sites for hydroxylation is 1. The number of carbonyl (C=O) groups excluding carboxylic acids is 1. The molecule has 3 heterocycles. The zero-order valence-electron chi connectivity index (χ0n) is 13.1. The molecule has 1 aliphatic heterocycles. The number of anilines is 1. The van der Waals surface area contributed by atoms with Gasteiger partial charge in [-0.25, -0.2) is 4.98 Å². The summed E-state index contributed by atoms with van der Waals surface area (Å²) in [5.74, 6) is 0.338. The van der Waals surface area contributed by atoms with E-state index in [9.17, 15) is 4.79 Å². The summed E-state index contributed by atoms with van der Waals surface area (Å²) in [6.07, 6.45) is 0.958. The summed E-state index contributed by atoms with van der Waals surface area (Å²) < 4.78 is 0. The molecule has 6 heteroatoms. The average molecular weight is 316 g/mol. The fourth-order valence-corrected chi connectivity index (χ4v) is 3.33. The lowest BCUT2D eigenvalue weighted by Crippen LogP contribution is -2.28. The third-order valence-corrected chi connectivity index (χ3v) is 4.61. The van der Waals surface area contributed by atoms with Crippen molar-refractivity contribution < 1.29 is 4.79 Å². The van der Waals surface area contributed by atoms with Crippen molar-refractivity contribution in [3.63, 3.8) is 0 Å². The fraction of sp³-hybridized carbons (Fsp3) is 0.438. The Hall–Kier alpha value is -1.95. The molecule has 0 N–H and O–H groups in total. The molecule has 0 aliphatic carbocycles. The molecule has 2 aromatic rings. The Bertz CT molecular complexity index is 669. The first-order valence-electron chi connectivity index (χ1n) is 7.38. The van der Waals surface area contributed by atoms with Gasteiger partial charge in [0.2, 0.25) is 0 Å².